The molecule has 2 N–H and O–H groups in total. The number of carbonyl (C=O) groups is 1. The molecular weight excluding hydrogens is 300 g/mol. The number of nitrogens with zero attached hydrogens (tertiary/aromatic N) is 1. The smallest absolute Gasteiger partial charge is 0.270 e. The van der Waals surface area contributed by atoms with E-state index in [1.54, 1.807) is 25.3 Å². The number of carbonyl (C=O) groups excluding carboxylic acids is 1. The van der Waals surface area contributed by atoms with Crippen LogP contribution in [-0.2, 0) is 4.74 Å². The van der Waals surface area contributed by atoms with Gasteiger partial charge >= 0.3 is 0 Å². The molecule has 1 rings (SSSR count). The number of rotatable bonds is 6. The van der Waals surface area contributed by atoms with E-state index in [1.807, 2.05) is 6.92 Å². The summed E-state index contributed by atoms with van der Waals surface area (Å²) < 4.78 is 5.67. The highest BCUT2D eigenvalue weighted by Gasteiger charge is 2.26. The molecule has 6 heteroatoms. The van der Waals surface area contributed by atoms with Gasteiger partial charge in [-0.25, -0.2) is 4.98 Å². The molecule has 0 saturated carbocycles. The summed E-state index contributed by atoms with van der Waals surface area (Å²) in [5, 5.41) is 11.9. The molecule has 0 radical (unpaired) electrons. The topological polar surface area (TPSA) is 71.5 Å². The lowest BCUT2D eigenvalue weighted by molar-refractivity contribution is 0.0721. The first-order chi connectivity index (χ1) is 8.50. The molecule has 5 nitrogen and oxygen atoms in total. The van der Waals surface area contributed by atoms with Crippen molar-refractivity contribution in [3.63, 3.8) is 0 Å². The summed E-state index contributed by atoms with van der Waals surface area (Å²) in [6.07, 6.45) is 0.417. The zero-order chi connectivity index (χ0) is 13.6. The van der Waals surface area contributed by atoms with Crippen molar-refractivity contribution in [3.05, 3.63) is 28.5 Å². The van der Waals surface area contributed by atoms with E-state index in [4.69, 9.17) is 9.84 Å². The number of amides is 1. The Morgan fingerprint density at radius 2 is 2.33 bits per heavy atom. The molecule has 100 valence electrons. The summed E-state index contributed by atoms with van der Waals surface area (Å²) in [7, 11) is 1.55. The van der Waals surface area contributed by atoms with Gasteiger partial charge in [-0.1, -0.05) is 6.07 Å². The maximum Gasteiger partial charge on any atom is 0.270 e. The number of aliphatic hydroxyl groups is 1. The summed E-state index contributed by atoms with van der Waals surface area (Å²) in [5.74, 6) is -0.288. The van der Waals surface area contributed by atoms with Gasteiger partial charge in [-0.2, -0.15) is 0 Å². The van der Waals surface area contributed by atoms with Crippen LogP contribution in [0.5, 0.6) is 0 Å². The van der Waals surface area contributed by atoms with Gasteiger partial charge < -0.3 is 15.2 Å². The van der Waals surface area contributed by atoms with E-state index < -0.39 is 5.54 Å². The first kappa shape index (κ1) is 15.1. The Kier molecular flexibility index (Phi) is 5.71. The molecule has 0 bridgehead atoms. The molecule has 0 aliphatic rings. The first-order valence-corrected chi connectivity index (χ1v) is 6.35. The van der Waals surface area contributed by atoms with Gasteiger partial charge in [0.15, 0.2) is 0 Å². The fraction of sp³-hybridized carbons (Fsp3) is 0.500. The van der Waals surface area contributed by atoms with E-state index in [1.165, 1.54) is 0 Å². The van der Waals surface area contributed by atoms with Crippen LogP contribution in [0.3, 0.4) is 0 Å². The number of pyridine rings is 1. The molecule has 1 aromatic rings. The van der Waals surface area contributed by atoms with Gasteiger partial charge in [-0.05, 0) is 41.4 Å². The maximum absolute atomic E-state index is 12.0. The number of ether oxygens (including phenoxy) is 1. The molecule has 1 unspecified atom stereocenters. The van der Waals surface area contributed by atoms with Gasteiger partial charge in [-0.3, -0.25) is 4.79 Å². The summed E-state index contributed by atoms with van der Waals surface area (Å²) in [4.78, 5) is 16.1. The highest BCUT2D eigenvalue weighted by Crippen LogP contribution is 2.12. The van der Waals surface area contributed by atoms with Gasteiger partial charge in [0, 0.05) is 13.7 Å². The normalized spacial score (nSPS) is 14.0. The summed E-state index contributed by atoms with van der Waals surface area (Å²) in [5.41, 5.74) is -0.283. The van der Waals surface area contributed by atoms with Crippen molar-refractivity contribution >= 4 is 21.8 Å². The molecule has 0 aromatic carbocycles. The third kappa shape index (κ3) is 4.36. The first-order valence-electron chi connectivity index (χ1n) is 5.55. The van der Waals surface area contributed by atoms with Gasteiger partial charge in [0.05, 0.1) is 12.1 Å². The SMILES string of the molecule is COCC(C)(CCO)NC(=O)c1cccc(Br)n1. The van der Waals surface area contributed by atoms with Crippen molar-refractivity contribution in [1.82, 2.24) is 10.3 Å². The molecule has 18 heavy (non-hydrogen) atoms. The van der Waals surface area contributed by atoms with E-state index in [9.17, 15) is 4.79 Å². The predicted octanol–water partition coefficient (Wildman–Crippen LogP) is 1.36. The molecule has 1 heterocycles. The number of methoxy groups -OCH3 is 1. The Morgan fingerprint density at radius 1 is 1.61 bits per heavy atom. The Balaban J connectivity index is 2.78. The lowest BCUT2D eigenvalue weighted by atomic mass is 9.99. The van der Waals surface area contributed by atoms with Gasteiger partial charge in [0.1, 0.15) is 10.3 Å². The van der Waals surface area contributed by atoms with Crippen LogP contribution in [0.15, 0.2) is 22.8 Å². The molecule has 0 aliphatic heterocycles. The second kappa shape index (κ2) is 6.82. The minimum absolute atomic E-state index is 0.0218. The summed E-state index contributed by atoms with van der Waals surface area (Å²) in [6.45, 7) is 2.13. The minimum Gasteiger partial charge on any atom is -0.396 e. The molecule has 0 aliphatic carbocycles. The molecular formula is C12H17BrN2O3. The van der Waals surface area contributed by atoms with Crippen molar-refractivity contribution in [1.29, 1.82) is 0 Å². The van der Waals surface area contributed by atoms with Crippen molar-refractivity contribution in [3.8, 4) is 0 Å². The molecule has 0 spiro atoms. The van der Waals surface area contributed by atoms with Crippen LogP contribution in [-0.4, -0.2) is 41.9 Å². The molecule has 1 atom stereocenters. The predicted molar refractivity (Wildman–Crippen MR) is 71.4 cm³/mol. The van der Waals surface area contributed by atoms with Crippen LogP contribution in [0.2, 0.25) is 0 Å². The lowest BCUT2D eigenvalue weighted by Crippen LogP contribution is -2.50. The second-order valence-electron chi connectivity index (χ2n) is 4.27. The zero-order valence-corrected chi connectivity index (χ0v) is 12.0. The van der Waals surface area contributed by atoms with E-state index in [-0.39, 0.29) is 12.5 Å². The monoisotopic (exact) mass is 316 g/mol. The quantitative estimate of drug-likeness (QED) is 0.777. The van der Waals surface area contributed by atoms with Crippen LogP contribution in [0.25, 0.3) is 0 Å². The number of hydrogen-bond donors (Lipinski definition) is 2. The highest BCUT2D eigenvalue weighted by atomic mass is 79.9. The Morgan fingerprint density at radius 3 is 2.89 bits per heavy atom. The summed E-state index contributed by atoms with van der Waals surface area (Å²) in [6, 6.07) is 5.12. The largest absolute Gasteiger partial charge is 0.396 e. The molecule has 0 fully saturated rings. The van der Waals surface area contributed by atoms with Gasteiger partial charge in [-0.15, -0.1) is 0 Å². The molecule has 1 amide bonds. The van der Waals surface area contributed by atoms with E-state index in [2.05, 4.69) is 26.2 Å². The average molecular weight is 317 g/mol. The van der Waals surface area contributed by atoms with Crippen molar-refractivity contribution in [2.24, 2.45) is 0 Å². The highest BCUT2D eigenvalue weighted by molar-refractivity contribution is 9.10. The molecule has 0 saturated heterocycles. The van der Waals surface area contributed by atoms with E-state index in [0.717, 1.165) is 0 Å². The fourth-order valence-corrected chi connectivity index (χ4v) is 1.95. The number of nitrogens with one attached hydrogen (secondary N) is 1. The van der Waals surface area contributed by atoms with Crippen molar-refractivity contribution in [2.75, 3.05) is 20.3 Å². The van der Waals surface area contributed by atoms with Crippen LogP contribution in [0.4, 0.5) is 0 Å². The number of hydrogen-bond acceptors (Lipinski definition) is 4. The van der Waals surface area contributed by atoms with Crippen LogP contribution in [0, 0.1) is 0 Å². The summed E-state index contributed by atoms with van der Waals surface area (Å²) >= 11 is 3.22. The van der Waals surface area contributed by atoms with E-state index >= 15 is 0 Å². The number of aromatic nitrogens is 1. The molecule has 1 aromatic heterocycles. The van der Waals surface area contributed by atoms with E-state index in [0.29, 0.717) is 23.3 Å². The van der Waals surface area contributed by atoms with Gasteiger partial charge in [0.2, 0.25) is 0 Å². The Labute approximate surface area is 115 Å². The third-order valence-electron chi connectivity index (χ3n) is 2.49. The van der Waals surface area contributed by atoms with Crippen LogP contribution >= 0.6 is 15.9 Å². The number of aliphatic hydroxyl groups excluding tert-OH is 1. The zero-order valence-electron chi connectivity index (χ0n) is 10.4. The third-order valence-corrected chi connectivity index (χ3v) is 2.93. The number of halogens is 1. The van der Waals surface area contributed by atoms with Crippen LogP contribution < -0.4 is 5.32 Å². The average Bonchev–Trinajstić information content (AvgIpc) is 2.29. The Hall–Kier alpha value is -0.980. The second-order valence-corrected chi connectivity index (χ2v) is 5.08. The Bertz CT molecular complexity index is 406. The lowest BCUT2D eigenvalue weighted by Gasteiger charge is -2.29. The van der Waals surface area contributed by atoms with Crippen molar-refractivity contribution in [2.45, 2.75) is 18.9 Å². The fourth-order valence-electron chi connectivity index (χ4n) is 1.61. The van der Waals surface area contributed by atoms with Gasteiger partial charge in [0.25, 0.3) is 5.91 Å². The standard InChI is InChI=1S/C12H17BrN2O3/c1-12(6-7-16,8-18-2)15-11(17)9-4-3-5-10(13)14-9/h3-5,16H,6-8H2,1-2H3,(H,15,17). The minimum atomic E-state index is -0.607. The van der Waals surface area contributed by atoms with Crippen molar-refractivity contribution < 1.29 is 14.6 Å². The maximum atomic E-state index is 12.0. The van der Waals surface area contributed by atoms with Crippen LogP contribution in [0.1, 0.15) is 23.8 Å².